The highest BCUT2D eigenvalue weighted by Crippen LogP contribution is 2.31. The van der Waals surface area contributed by atoms with Crippen molar-refractivity contribution >= 4 is 11.6 Å². The third-order valence-electron chi connectivity index (χ3n) is 3.55. The summed E-state index contributed by atoms with van der Waals surface area (Å²) < 4.78 is 1.76. The average Bonchev–Trinajstić information content (AvgIpc) is 2.75. The molecule has 0 saturated carbocycles. The highest BCUT2D eigenvalue weighted by molar-refractivity contribution is 6.31. The second-order valence-electron chi connectivity index (χ2n) is 6.67. The van der Waals surface area contributed by atoms with Gasteiger partial charge in [-0.1, -0.05) is 44.5 Å². The van der Waals surface area contributed by atoms with E-state index in [0.29, 0.717) is 11.4 Å². The van der Waals surface area contributed by atoms with E-state index in [0.717, 1.165) is 22.4 Å². The fourth-order valence-corrected chi connectivity index (χ4v) is 2.78. The fourth-order valence-electron chi connectivity index (χ4n) is 2.47. The van der Waals surface area contributed by atoms with Gasteiger partial charge in [0.1, 0.15) is 0 Å². The lowest BCUT2D eigenvalue weighted by Gasteiger charge is -2.20. The molecule has 2 aromatic rings. The smallest absolute Gasteiger partial charge is 0.0864 e. The Morgan fingerprint density at radius 1 is 1.33 bits per heavy atom. The lowest BCUT2D eigenvalue weighted by Crippen LogP contribution is -2.17. The molecule has 2 rings (SSSR count). The number of halogens is 1. The van der Waals surface area contributed by atoms with Gasteiger partial charge in [-0.3, -0.25) is 4.68 Å². The second-order valence-corrected chi connectivity index (χ2v) is 7.08. The van der Waals surface area contributed by atoms with Gasteiger partial charge < -0.3 is 5.11 Å². The van der Waals surface area contributed by atoms with Crippen LogP contribution in [0.4, 0.5) is 0 Å². The first kappa shape index (κ1) is 16.1. The predicted molar refractivity (Wildman–Crippen MR) is 86.8 cm³/mol. The summed E-state index contributed by atoms with van der Waals surface area (Å²) >= 11 is 6.26. The van der Waals surface area contributed by atoms with Crippen LogP contribution in [0, 0.1) is 6.92 Å². The summed E-state index contributed by atoms with van der Waals surface area (Å²) in [4.78, 5) is 0. The van der Waals surface area contributed by atoms with E-state index in [1.54, 1.807) is 4.68 Å². The molecule has 0 spiro atoms. The minimum absolute atomic E-state index is 0.103. The van der Waals surface area contributed by atoms with E-state index in [9.17, 15) is 5.11 Å². The van der Waals surface area contributed by atoms with Gasteiger partial charge >= 0.3 is 0 Å². The zero-order valence-corrected chi connectivity index (χ0v) is 14.1. The molecule has 1 heterocycles. The van der Waals surface area contributed by atoms with Gasteiger partial charge in [0.2, 0.25) is 0 Å². The summed E-state index contributed by atoms with van der Waals surface area (Å²) in [6.45, 7) is 8.31. The number of rotatable bonds is 3. The summed E-state index contributed by atoms with van der Waals surface area (Å²) in [6, 6.07) is 5.92. The van der Waals surface area contributed by atoms with Crippen molar-refractivity contribution < 1.29 is 5.11 Å². The zero-order valence-electron chi connectivity index (χ0n) is 13.3. The monoisotopic (exact) mass is 306 g/mol. The summed E-state index contributed by atoms with van der Waals surface area (Å²) in [5, 5.41) is 15.8. The highest BCUT2D eigenvalue weighted by Gasteiger charge is 2.26. The summed E-state index contributed by atoms with van der Waals surface area (Å²) in [5.41, 5.74) is 3.78. The lowest BCUT2D eigenvalue weighted by molar-refractivity contribution is 0.176. The maximum absolute atomic E-state index is 10.6. The maximum atomic E-state index is 10.6. The normalized spacial score (nSPS) is 13.5. The molecule has 0 aliphatic carbocycles. The van der Waals surface area contributed by atoms with Crippen molar-refractivity contribution in [1.29, 1.82) is 0 Å². The van der Waals surface area contributed by atoms with E-state index in [1.165, 1.54) is 0 Å². The first-order valence-electron chi connectivity index (χ1n) is 7.15. The van der Waals surface area contributed by atoms with Gasteiger partial charge in [0.15, 0.2) is 0 Å². The van der Waals surface area contributed by atoms with Gasteiger partial charge in [-0.25, -0.2) is 0 Å². The van der Waals surface area contributed by atoms with Crippen LogP contribution in [0.25, 0.3) is 0 Å². The lowest BCUT2D eigenvalue weighted by atomic mass is 9.87. The van der Waals surface area contributed by atoms with Crippen LogP contribution in [0.5, 0.6) is 0 Å². The van der Waals surface area contributed by atoms with Crippen molar-refractivity contribution in [2.24, 2.45) is 7.05 Å². The van der Waals surface area contributed by atoms with Gasteiger partial charge in [0.05, 0.1) is 11.8 Å². The van der Waals surface area contributed by atoms with Crippen LogP contribution in [0.1, 0.15) is 49.3 Å². The molecule has 1 N–H and O–H groups in total. The second kappa shape index (κ2) is 5.82. The third-order valence-corrected chi connectivity index (χ3v) is 3.90. The topological polar surface area (TPSA) is 38.0 Å². The Morgan fingerprint density at radius 2 is 2.00 bits per heavy atom. The molecule has 0 bridgehead atoms. The first-order valence-corrected chi connectivity index (χ1v) is 7.53. The molecule has 0 aliphatic heterocycles. The van der Waals surface area contributed by atoms with Crippen LogP contribution in [0.15, 0.2) is 24.4 Å². The Balaban J connectivity index is 2.30. The SMILES string of the molecule is Cc1ccc(CC(O)c2cn(C)nc2C(C)(C)C)c(Cl)c1. The molecule has 3 nitrogen and oxygen atoms in total. The van der Waals surface area contributed by atoms with E-state index in [-0.39, 0.29) is 5.41 Å². The Kier molecular flexibility index (Phi) is 4.45. The molecule has 4 heteroatoms. The number of aromatic nitrogens is 2. The molecular weight excluding hydrogens is 284 g/mol. The van der Waals surface area contributed by atoms with Gasteiger partial charge in [-0.05, 0) is 24.1 Å². The molecule has 0 saturated heterocycles. The number of aliphatic hydroxyl groups excluding tert-OH is 1. The molecule has 21 heavy (non-hydrogen) atoms. The summed E-state index contributed by atoms with van der Waals surface area (Å²) in [6.07, 6.45) is 1.79. The summed E-state index contributed by atoms with van der Waals surface area (Å²) in [7, 11) is 1.88. The predicted octanol–water partition coefficient (Wildman–Crippen LogP) is 3.96. The first-order chi connectivity index (χ1) is 9.68. The third kappa shape index (κ3) is 3.66. The minimum atomic E-state index is -0.604. The zero-order chi connectivity index (χ0) is 15.8. The fraction of sp³-hybridized carbons (Fsp3) is 0.471. The summed E-state index contributed by atoms with van der Waals surface area (Å²) in [5.74, 6) is 0. The van der Waals surface area contributed by atoms with Crippen LogP contribution < -0.4 is 0 Å². The minimum Gasteiger partial charge on any atom is -0.388 e. The standard InChI is InChI=1S/C17H23ClN2O/c1-11-6-7-12(14(18)8-11)9-15(21)13-10-20(5)19-16(13)17(2,3)4/h6-8,10,15,21H,9H2,1-5H3. The molecule has 114 valence electrons. The Hall–Kier alpha value is -1.32. The van der Waals surface area contributed by atoms with Gasteiger partial charge in [0, 0.05) is 35.7 Å². The Morgan fingerprint density at radius 3 is 2.57 bits per heavy atom. The van der Waals surface area contributed by atoms with E-state index in [2.05, 4.69) is 25.9 Å². The van der Waals surface area contributed by atoms with E-state index in [4.69, 9.17) is 11.6 Å². The number of aliphatic hydroxyl groups is 1. The van der Waals surface area contributed by atoms with E-state index < -0.39 is 6.10 Å². The molecule has 0 amide bonds. The number of benzene rings is 1. The number of aryl methyl sites for hydroxylation is 2. The van der Waals surface area contributed by atoms with Crippen molar-refractivity contribution in [2.45, 2.75) is 45.6 Å². The van der Waals surface area contributed by atoms with Crippen molar-refractivity contribution in [3.8, 4) is 0 Å². The van der Waals surface area contributed by atoms with Crippen LogP contribution in [0.2, 0.25) is 5.02 Å². The van der Waals surface area contributed by atoms with E-state index >= 15 is 0 Å². The van der Waals surface area contributed by atoms with E-state index in [1.807, 2.05) is 38.4 Å². The molecule has 1 unspecified atom stereocenters. The molecule has 1 aromatic carbocycles. The van der Waals surface area contributed by atoms with Crippen molar-refractivity contribution in [2.75, 3.05) is 0 Å². The van der Waals surface area contributed by atoms with Crippen molar-refractivity contribution in [3.63, 3.8) is 0 Å². The molecule has 0 aliphatic rings. The van der Waals surface area contributed by atoms with Crippen LogP contribution >= 0.6 is 11.6 Å². The van der Waals surface area contributed by atoms with Gasteiger partial charge in [-0.15, -0.1) is 0 Å². The molecular formula is C17H23ClN2O. The number of hydrogen-bond acceptors (Lipinski definition) is 2. The van der Waals surface area contributed by atoms with Crippen molar-refractivity contribution in [1.82, 2.24) is 9.78 Å². The van der Waals surface area contributed by atoms with Gasteiger partial charge in [-0.2, -0.15) is 5.10 Å². The molecule has 0 radical (unpaired) electrons. The van der Waals surface area contributed by atoms with Crippen LogP contribution in [-0.4, -0.2) is 14.9 Å². The number of nitrogens with zero attached hydrogens (tertiary/aromatic N) is 2. The largest absolute Gasteiger partial charge is 0.388 e. The van der Waals surface area contributed by atoms with Crippen LogP contribution in [-0.2, 0) is 18.9 Å². The molecule has 1 aromatic heterocycles. The maximum Gasteiger partial charge on any atom is 0.0864 e. The van der Waals surface area contributed by atoms with Crippen LogP contribution in [0.3, 0.4) is 0 Å². The Bertz CT molecular complexity index is 641. The number of hydrogen-bond donors (Lipinski definition) is 1. The average molecular weight is 307 g/mol. The Labute approximate surface area is 131 Å². The molecule has 0 fully saturated rings. The highest BCUT2D eigenvalue weighted by atomic mass is 35.5. The van der Waals surface area contributed by atoms with Gasteiger partial charge in [0.25, 0.3) is 0 Å². The molecule has 1 atom stereocenters. The van der Waals surface area contributed by atoms with Crippen molar-refractivity contribution in [3.05, 3.63) is 51.8 Å². The quantitative estimate of drug-likeness (QED) is 0.932.